The first kappa shape index (κ1) is 24.8. The van der Waals surface area contributed by atoms with Crippen LogP contribution in [0.2, 0.25) is 5.02 Å². The maximum absolute atomic E-state index is 13.4. The van der Waals surface area contributed by atoms with Crippen molar-refractivity contribution in [3.63, 3.8) is 0 Å². The van der Waals surface area contributed by atoms with Gasteiger partial charge in [0.15, 0.2) is 6.61 Å². The minimum atomic E-state index is -0.702. The molecule has 33 heavy (non-hydrogen) atoms. The Bertz CT molecular complexity index is 1060. The Morgan fingerprint density at radius 3 is 2.36 bits per heavy atom. The van der Waals surface area contributed by atoms with Crippen LogP contribution in [0, 0.1) is 0 Å². The molecule has 0 radical (unpaired) electrons. The molecule has 0 heterocycles. The highest BCUT2D eigenvalue weighted by atomic mass is 79.9. The number of nitrogens with one attached hydrogen (secondary N) is 1. The number of hydrogen-bond donors (Lipinski definition) is 1. The fourth-order valence-corrected chi connectivity index (χ4v) is 3.91. The Morgan fingerprint density at radius 1 is 1.00 bits per heavy atom. The Hall–Kier alpha value is -2.83. The third-order valence-corrected chi connectivity index (χ3v) is 5.80. The van der Waals surface area contributed by atoms with Crippen molar-refractivity contribution in [2.24, 2.45) is 0 Å². The highest BCUT2D eigenvalue weighted by Crippen LogP contribution is 2.19. The summed E-state index contributed by atoms with van der Waals surface area (Å²) in [5.41, 5.74) is 1.80. The van der Waals surface area contributed by atoms with E-state index in [0.717, 1.165) is 15.6 Å². The van der Waals surface area contributed by atoms with E-state index < -0.39 is 6.04 Å². The standard InChI is InChI=1S/C26H26BrClN2O3/c1-2-29-26(32)24(16-19-7-4-3-5-8-19)30(17-20-9-6-10-22(28)15-20)25(31)18-33-23-13-11-21(27)12-14-23/h3-15,24H,2,16-18H2,1H3,(H,29,32). The molecular formula is C26H26BrClN2O3. The predicted octanol–water partition coefficient (Wildman–Crippen LogP) is 5.26. The third-order valence-electron chi connectivity index (χ3n) is 5.04. The summed E-state index contributed by atoms with van der Waals surface area (Å²) in [6.45, 7) is 2.38. The zero-order valence-corrected chi connectivity index (χ0v) is 20.7. The van der Waals surface area contributed by atoms with Gasteiger partial charge < -0.3 is 15.0 Å². The number of halogens is 2. The normalized spacial score (nSPS) is 11.5. The summed E-state index contributed by atoms with van der Waals surface area (Å²) >= 11 is 9.56. The zero-order valence-electron chi connectivity index (χ0n) is 18.3. The van der Waals surface area contributed by atoms with Crippen molar-refractivity contribution < 1.29 is 14.3 Å². The Morgan fingerprint density at radius 2 is 1.70 bits per heavy atom. The largest absolute Gasteiger partial charge is 0.484 e. The lowest BCUT2D eigenvalue weighted by atomic mass is 10.0. The summed E-state index contributed by atoms with van der Waals surface area (Å²) in [5.74, 6) is 0.0809. The SMILES string of the molecule is CCNC(=O)C(Cc1ccccc1)N(Cc1cccc(Cl)c1)C(=O)COc1ccc(Br)cc1. The average Bonchev–Trinajstić information content (AvgIpc) is 2.81. The molecule has 3 rings (SSSR count). The maximum Gasteiger partial charge on any atom is 0.261 e. The molecule has 3 aromatic carbocycles. The van der Waals surface area contributed by atoms with E-state index in [9.17, 15) is 9.59 Å². The molecule has 0 aromatic heterocycles. The van der Waals surface area contributed by atoms with Gasteiger partial charge in [0.05, 0.1) is 0 Å². The van der Waals surface area contributed by atoms with Crippen LogP contribution >= 0.6 is 27.5 Å². The molecule has 1 atom stereocenters. The lowest BCUT2D eigenvalue weighted by Gasteiger charge is -2.31. The molecule has 0 fully saturated rings. The van der Waals surface area contributed by atoms with E-state index in [2.05, 4.69) is 21.2 Å². The number of benzene rings is 3. The molecule has 5 nitrogen and oxygen atoms in total. The predicted molar refractivity (Wildman–Crippen MR) is 134 cm³/mol. The fourth-order valence-electron chi connectivity index (χ4n) is 3.44. The molecule has 0 saturated heterocycles. The van der Waals surface area contributed by atoms with E-state index in [1.54, 1.807) is 29.2 Å². The first-order valence-corrected chi connectivity index (χ1v) is 11.9. The van der Waals surface area contributed by atoms with Gasteiger partial charge in [0, 0.05) is 29.0 Å². The number of likely N-dealkylation sites (N-methyl/N-ethyl adjacent to an activating group) is 1. The lowest BCUT2D eigenvalue weighted by molar-refractivity contribution is -0.142. The molecular weight excluding hydrogens is 504 g/mol. The van der Waals surface area contributed by atoms with Crippen LogP contribution < -0.4 is 10.1 Å². The Balaban J connectivity index is 1.88. The van der Waals surface area contributed by atoms with E-state index >= 15 is 0 Å². The number of rotatable bonds is 10. The summed E-state index contributed by atoms with van der Waals surface area (Å²) in [6, 6.07) is 23.5. The van der Waals surface area contributed by atoms with E-state index in [4.69, 9.17) is 16.3 Å². The second kappa shape index (κ2) is 12.4. The highest BCUT2D eigenvalue weighted by Gasteiger charge is 2.30. The minimum Gasteiger partial charge on any atom is -0.484 e. The number of carbonyl (C=O) groups excluding carboxylic acids is 2. The summed E-state index contributed by atoms with van der Waals surface area (Å²) < 4.78 is 6.65. The van der Waals surface area contributed by atoms with Crippen LogP contribution in [0.1, 0.15) is 18.1 Å². The molecule has 7 heteroatoms. The van der Waals surface area contributed by atoms with E-state index in [0.29, 0.717) is 23.7 Å². The molecule has 3 aromatic rings. The fraction of sp³-hybridized carbons (Fsp3) is 0.231. The third kappa shape index (κ3) is 7.62. The van der Waals surface area contributed by atoms with Gasteiger partial charge in [0.1, 0.15) is 11.8 Å². The highest BCUT2D eigenvalue weighted by molar-refractivity contribution is 9.10. The van der Waals surface area contributed by atoms with Crippen LogP contribution in [0.4, 0.5) is 0 Å². The number of ether oxygens (including phenoxy) is 1. The summed E-state index contributed by atoms with van der Waals surface area (Å²) in [6.07, 6.45) is 0.386. The van der Waals surface area contributed by atoms with Gasteiger partial charge in [-0.2, -0.15) is 0 Å². The van der Waals surface area contributed by atoms with Gasteiger partial charge in [-0.25, -0.2) is 0 Å². The number of nitrogens with zero attached hydrogens (tertiary/aromatic N) is 1. The van der Waals surface area contributed by atoms with Gasteiger partial charge in [-0.1, -0.05) is 70.0 Å². The molecule has 0 spiro atoms. The first-order chi connectivity index (χ1) is 16.0. The maximum atomic E-state index is 13.4. The Kier molecular flexibility index (Phi) is 9.34. The molecule has 2 amide bonds. The number of amides is 2. The van der Waals surface area contributed by atoms with Crippen molar-refractivity contribution >= 4 is 39.3 Å². The number of carbonyl (C=O) groups is 2. The molecule has 172 valence electrons. The molecule has 0 aliphatic heterocycles. The summed E-state index contributed by atoms with van der Waals surface area (Å²) in [7, 11) is 0. The van der Waals surface area contributed by atoms with Crippen LogP contribution in [0.25, 0.3) is 0 Å². The van der Waals surface area contributed by atoms with Crippen molar-refractivity contribution in [3.8, 4) is 5.75 Å². The van der Waals surface area contributed by atoms with Crippen LogP contribution in [0.3, 0.4) is 0 Å². The Labute approximate surface area is 207 Å². The van der Waals surface area contributed by atoms with Crippen LogP contribution in [-0.4, -0.2) is 35.9 Å². The van der Waals surface area contributed by atoms with Gasteiger partial charge >= 0.3 is 0 Å². The van der Waals surface area contributed by atoms with E-state index in [-0.39, 0.29) is 25.0 Å². The quantitative estimate of drug-likeness (QED) is 0.390. The molecule has 1 unspecified atom stereocenters. The molecule has 0 aliphatic rings. The monoisotopic (exact) mass is 528 g/mol. The second-order valence-corrected chi connectivity index (χ2v) is 8.85. The topological polar surface area (TPSA) is 58.6 Å². The lowest BCUT2D eigenvalue weighted by Crippen LogP contribution is -2.51. The minimum absolute atomic E-state index is 0.188. The molecule has 0 aliphatic carbocycles. The summed E-state index contributed by atoms with van der Waals surface area (Å²) in [4.78, 5) is 28.0. The molecule has 1 N–H and O–H groups in total. The second-order valence-electron chi connectivity index (χ2n) is 7.49. The van der Waals surface area contributed by atoms with E-state index in [1.165, 1.54) is 0 Å². The van der Waals surface area contributed by atoms with Crippen molar-refractivity contribution in [2.45, 2.75) is 25.9 Å². The van der Waals surface area contributed by atoms with Crippen molar-refractivity contribution in [2.75, 3.05) is 13.2 Å². The van der Waals surface area contributed by atoms with Gasteiger partial charge in [0.2, 0.25) is 5.91 Å². The first-order valence-electron chi connectivity index (χ1n) is 10.7. The van der Waals surface area contributed by atoms with Crippen molar-refractivity contribution in [1.29, 1.82) is 0 Å². The van der Waals surface area contributed by atoms with Gasteiger partial charge in [-0.15, -0.1) is 0 Å². The van der Waals surface area contributed by atoms with Crippen molar-refractivity contribution in [3.05, 3.63) is 99.5 Å². The van der Waals surface area contributed by atoms with Crippen molar-refractivity contribution in [1.82, 2.24) is 10.2 Å². The van der Waals surface area contributed by atoms with Gasteiger partial charge in [-0.05, 0) is 54.4 Å². The van der Waals surface area contributed by atoms with Crippen LogP contribution in [0.5, 0.6) is 5.75 Å². The smallest absolute Gasteiger partial charge is 0.261 e. The van der Waals surface area contributed by atoms with Gasteiger partial charge in [0.25, 0.3) is 5.91 Å². The molecule has 0 saturated carbocycles. The van der Waals surface area contributed by atoms with Crippen LogP contribution in [-0.2, 0) is 22.6 Å². The van der Waals surface area contributed by atoms with Crippen LogP contribution in [0.15, 0.2) is 83.3 Å². The zero-order chi connectivity index (χ0) is 23.6. The van der Waals surface area contributed by atoms with Gasteiger partial charge in [-0.3, -0.25) is 9.59 Å². The molecule has 0 bridgehead atoms. The summed E-state index contributed by atoms with van der Waals surface area (Å²) in [5, 5.41) is 3.45. The van der Waals surface area contributed by atoms with E-state index in [1.807, 2.05) is 61.5 Å². The number of hydrogen-bond acceptors (Lipinski definition) is 3. The average molecular weight is 530 g/mol.